The Balaban J connectivity index is 2.18. The van der Waals surface area contributed by atoms with E-state index in [1.807, 2.05) is 0 Å². The maximum absolute atomic E-state index is 12.6. The molecule has 5 nitrogen and oxygen atoms in total. The van der Waals surface area contributed by atoms with Gasteiger partial charge < -0.3 is 14.4 Å². The lowest BCUT2D eigenvalue weighted by atomic mass is 10.1. The maximum Gasteiger partial charge on any atom is 0.262 e. The van der Waals surface area contributed by atoms with Gasteiger partial charge in [-0.3, -0.25) is 10.1 Å². The second-order valence-corrected chi connectivity index (χ2v) is 8.11. The van der Waals surface area contributed by atoms with Crippen molar-refractivity contribution < 1.29 is 19.2 Å². The van der Waals surface area contributed by atoms with Crippen LogP contribution in [0.1, 0.15) is 29.6 Å². The Morgan fingerprint density at radius 3 is 2.29 bits per heavy atom. The average Bonchev–Trinajstić information content (AvgIpc) is 2.58. The number of benzene rings is 1. The predicted molar refractivity (Wildman–Crippen MR) is 95.6 cm³/mol. The van der Waals surface area contributed by atoms with Crippen molar-refractivity contribution in [2.24, 2.45) is 0 Å². The molecule has 1 fully saturated rings. The van der Waals surface area contributed by atoms with E-state index in [0.29, 0.717) is 17.1 Å². The molecule has 0 aromatic heterocycles. The SMILES string of the molecule is COc1ccc(C(=O)N[C@@H]([NH+]2CCCCC2)C(Cl)(Cl)Cl)cc1OC. The first-order valence-corrected chi connectivity index (χ1v) is 8.94. The number of amides is 1. The summed E-state index contributed by atoms with van der Waals surface area (Å²) in [5.41, 5.74) is 0.420. The molecule has 0 unspecified atom stereocenters. The van der Waals surface area contributed by atoms with Gasteiger partial charge in [-0.1, -0.05) is 34.8 Å². The summed E-state index contributed by atoms with van der Waals surface area (Å²) in [7, 11) is 3.05. The largest absolute Gasteiger partial charge is 0.493 e. The molecule has 1 heterocycles. The van der Waals surface area contributed by atoms with Gasteiger partial charge in [0.05, 0.1) is 27.3 Å². The zero-order valence-corrected chi connectivity index (χ0v) is 16.0. The van der Waals surface area contributed by atoms with Crippen molar-refractivity contribution in [3.05, 3.63) is 23.8 Å². The Morgan fingerprint density at radius 2 is 1.75 bits per heavy atom. The number of hydrogen-bond acceptors (Lipinski definition) is 3. The molecule has 8 heteroatoms. The maximum atomic E-state index is 12.6. The average molecular weight is 397 g/mol. The van der Waals surface area contributed by atoms with Gasteiger partial charge in [0.2, 0.25) is 6.17 Å². The van der Waals surface area contributed by atoms with E-state index in [4.69, 9.17) is 44.3 Å². The third-order valence-corrected chi connectivity index (χ3v) is 4.81. The van der Waals surface area contributed by atoms with Gasteiger partial charge in [0.1, 0.15) is 0 Å². The third kappa shape index (κ3) is 4.82. The summed E-state index contributed by atoms with van der Waals surface area (Å²) in [6.45, 7) is 1.73. The van der Waals surface area contributed by atoms with E-state index < -0.39 is 9.96 Å². The van der Waals surface area contributed by atoms with Gasteiger partial charge in [0.15, 0.2) is 11.5 Å². The number of quaternary nitrogens is 1. The Morgan fingerprint density at radius 1 is 1.12 bits per heavy atom. The summed E-state index contributed by atoms with van der Waals surface area (Å²) in [5, 5.41) is 2.86. The molecule has 1 saturated heterocycles. The van der Waals surface area contributed by atoms with Crippen LogP contribution in [-0.2, 0) is 0 Å². The van der Waals surface area contributed by atoms with Crippen LogP contribution in [0.5, 0.6) is 11.5 Å². The molecule has 134 valence electrons. The molecule has 1 aromatic rings. The minimum absolute atomic E-state index is 0.314. The van der Waals surface area contributed by atoms with Gasteiger partial charge in [-0.25, -0.2) is 0 Å². The van der Waals surface area contributed by atoms with Crippen LogP contribution in [0, 0.1) is 0 Å². The summed E-state index contributed by atoms with van der Waals surface area (Å²) in [6, 6.07) is 4.93. The molecule has 1 atom stereocenters. The van der Waals surface area contributed by atoms with Crippen molar-refractivity contribution in [3.8, 4) is 11.5 Å². The molecule has 0 spiro atoms. The van der Waals surface area contributed by atoms with Crippen molar-refractivity contribution in [2.75, 3.05) is 27.3 Å². The first kappa shape index (κ1) is 19.4. The fourth-order valence-corrected chi connectivity index (χ4v) is 3.53. The molecule has 0 saturated carbocycles. The Kier molecular flexibility index (Phi) is 6.87. The van der Waals surface area contributed by atoms with Gasteiger partial charge in [0.25, 0.3) is 9.70 Å². The van der Waals surface area contributed by atoms with Crippen LogP contribution in [0.4, 0.5) is 0 Å². The van der Waals surface area contributed by atoms with Crippen molar-refractivity contribution >= 4 is 40.7 Å². The molecular weight excluding hydrogens is 375 g/mol. The van der Waals surface area contributed by atoms with Gasteiger partial charge in [-0.15, -0.1) is 0 Å². The summed E-state index contributed by atoms with van der Waals surface area (Å²) in [4.78, 5) is 13.7. The number of carbonyl (C=O) groups excluding carboxylic acids is 1. The standard InChI is InChI=1S/C16H21Cl3N2O3/c1-23-12-7-6-11(10-13(12)24-2)14(22)20-15(16(17,18)19)21-8-4-3-5-9-21/h6-7,10,15H,3-5,8-9H2,1-2H3,(H,20,22)/p+1/t15-/m0/s1. The minimum atomic E-state index is -1.58. The molecule has 1 aliphatic rings. The summed E-state index contributed by atoms with van der Waals surface area (Å²) in [5.74, 6) is 0.708. The highest BCUT2D eigenvalue weighted by atomic mass is 35.6. The van der Waals surface area contributed by atoms with Crippen LogP contribution in [0.2, 0.25) is 0 Å². The molecule has 1 amide bonds. The van der Waals surface area contributed by atoms with E-state index in [9.17, 15) is 4.79 Å². The molecule has 24 heavy (non-hydrogen) atoms. The van der Waals surface area contributed by atoms with Crippen LogP contribution in [-0.4, -0.2) is 43.2 Å². The minimum Gasteiger partial charge on any atom is -0.493 e. The number of piperidine rings is 1. The van der Waals surface area contributed by atoms with E-state index in [1.165, 1.54) is 20.6 Å². The molecule has 1 aromatic carbocycles. The lowest BCUT2D eigenvalue weighted by Gasteiger charge is -2.35. The smallest absolute Gasteiger partial charge is 0.262 e. The molecule has 1 aliphatic heterocycles. The number of halogens is 3. The zero-order valence-electron chi connectivity index (χ0n) is 13.7. The Hall–Kier alpha value is -0.880. The van der Waals surface area contributed by atoms with Gasteiger partial charge in [0, 0.05) is 5.56 Å². The van der Waals surface area contributed by atoms with Crippen molar-refractivity contribution in [2.45, 2.75) is 29.2 Å². The first-order chi connectivity index (χ1) is 11.4. The van der Waals surface area contributed by atoms with Crippen molar-refractivity contribution in [3.63, 3.8) is 0 Å². The van der Waals surface area contributed by atoms with Gasteiger partial charge in [-0.2, -0.15) is 0 Å². The van der Waals surface area contributed by atoms with Gasteiger partial charge in [-0.05, 0) is 37.5 Å². The fraction of sp³-hybridized carbons (Fsp3) is 0.562. The monoisotopic (exact) mass is 395 g/mol. The van der Waals surface area contributed by atoms with Crippen molar-refractivity contribution in [1.82, 2.24) is 5.32 Å². The molecule has 0 bridgehead atoms. The predicted octanol–water partition coefficient (Wildman–Crippen LogP) is 2.20. The van der Waals surface area contributed by atoms with Crippen LogP contribution in [0.15, 0.2) is 18.2 Å². The first-order valence-electron chi connectivity index (χ1n) is 7.81. The van der Waals surface area contributed by atoms with Crippen LogP contribution in [0.3, 0.4) is 0 Å². The number of ether oxygens (including phenoxy) is 2. The third-order valence-electron chi connectivity index (χ3n) is 4.15. The topological polar surface area (TPSA) is 52.0 Å². The molecule has 0 aliphatic carbocycles. The van der Waals surface area contributed by atoms with E-state index >= 15 is 0 Å². The number of alkyl halides is 3. The number of carbonyl (C=O) groups is 1. The summed E-state index contributed by atoms with van der Waals surface area (Å²) < 4.78 is 8.82. The van der Waals surface area contributed by atoms with E-state index in [1.54, 1.807) is 18.2 Å². The van der Waals surface area contributed by atoms with E-state index in [-0.39, 0.29) is 5.91 Å². The number of rotatable bonds is 5. The molecule has 2 rings (SSSR count). The number of likely N-dealkylation sites (tertiary alicyclic amines) is 1. The number of nitrogens with one attached hydrogen (secondary N) is 2. The van der Waals surface area contributed by atoms with Gasteiger partial charge >= 0.3 is 0 Å². The fourth-order valence-electron chi connectivity index (χ4n) is 2.90. The van der Waals surface area contributed by atoms with Crippen LogP contribution < -0.4 is 19.7 Å². The molecule has 2 N–H and O–H groups in total. The Bertz CT molecular complexity index is 572. The normalized spacial score (nSPS) is 17.2. The quantitative estimate of drug-likeness (QED) is 0.750. The van der Waals surface area contributed by atoms with Crippen LogP contribution in [0.25, 0.3) is 0 Å². The lowest BCUT2D eigenvalue weighted by Crippen LogP contribution is -3.20. The highest BCUT2D eigenvalue weighted by molar-refractivity contribution is 6.68. The molecule has 0 radical (unpaired) electrons. The van der Waals surface area contributed by atoms with E-state index in [2.05, 4.69) is 5.32 Å². The van der Waals surface area contributed by atoms with Crippen molar-refractivity contribution in [1.29, 1.82) is 0 Å². The number of hydrogen-bond donors (Lipinski definition) is 2. The Labute approximate surface area is 157 Å². The highest BCUT2D eigenvalue weighted by Crippen LogP contribution is 2.30. The lowest BCUT2D eigenvalue weighted by molar-refractivity contribution is -0.931. The molecular formula is C16H22Cl3N2O3+. The second-order valence-electron chi connectivity index (χ2n) is 5.74. The second kappa shape index (κ2) is 8.48. The highest BCUT2D eigenvalue weighted by Gasteiger charge is 2.42. The zero-order chi connectivity index (χ0) is 17.7. The number of methoxy groups -OCH3 is 2. The summed E-state index contributed by atoms with van der Waals surface area (Å²) in [6.07, 6.45) is 2.67. The van der Waals surface area contributed by atoms with E-state index in [0.717, 1.165) is 30.8 Å². The van der Waals surface area contributed by atoms with Crippen LogP contribution >= 0.6 is 34.8 Å². The summed E-state index contributed by atoms with van der Waals surface area (Å²) >= 11 is 18.4.